The zero-order valence-electron chi connectivity index (χ0n) is 12.5. The summed E-state index contributed by atoms with van der Waals surface area (Å²) in [5.74, 6) is -0.791. The second-order valence-corrected chi connectivity index (χ2v) is 4.56. The number of aryl methyl sites for hydroxylation is 1. The number of non-ortho nitro benzene ring substituents is 1. The maximum atomic E-state index is 10.6. The van der Waals surface area contributed by atoms with E-state index < -0.39 is 37.6 Å². The van der Waals surface area contributed by atoms with Crippen LogP contribution in [0.1, 0.15) is 5.69 Å². The van der Waals surface area contributed by atoms with Crippen molar-refractivity contribution in [3.63, 3.8) is 0 Å². The molecule has 1 heterocycles. The number of phenols is 1. The molecule has 0 aliphatic rings. The molecule has 13 heteroatoms. The van der Waals surface area contributed by atoms with Crippen LogP contribution in [0.2, 0.25) is 0 Å². The number of nitrogens with two attached hydrogens (primary N) is 1. The number of phenolic OH excluding ortho intramolecular Hbond substituents is 1. The number of nitrogens with zero attached hydrogens (tertiary/aromatic N) is 3. The fourth-order valence-electron chi connectivity index (χ4n) is 1.68. The van der Waals surface area contributed by atoms with E-state index in [-0.39, 0.29) is 5.43 Å². The minimum absolute atomic E-state index is 0.0521. The van der Waals surface area contributed by atoms with Gasteiger partial charge in [0.05, 0.1) is 26.9 Å². The van der Waals surface area contributed by atoms with Crippen LogP contribution in [-0.2, 0) is 0 Å². The van der Waals surface area contributed by atoms with Gasteiger partial charge in [-0.05, 0) is 6.92 Å². The Morgan fingerprint density at radius 2 is 1.44 bits per heavy atom. The third-order valence-corrected chi connectivity index (χ3v) is 2.66. The van der Waals surface area contributed by atoms with Gasteiger partial charge in [0.1, 0.15) is 5.82 Å². The number of nitrogen functional groups attached to an aromatic ring is 1. The van der Waals surface area contributed by atoms with Crippen LogP contribution in [-0.4, -0.2) is 24.9 Å². The van der Waals surface area contributed by atoms with Gasteiger partial charge in [0, 0.05) is 17.8 Å². The predicted octanol–water partition coefficient (Wildman–Crippen LogP) is 1.38. The van der Waals surface area contributed by atoms with Crippen molar-refractivity contribution in [3.8, 4) is 5.75 Å². The van der Waals surface area contributed by atoms with E-state index in [4.69, 9.17) is 10.8 Å². The Morgan fingerprint density at radius 1 is 0.960 bits per heavy atom. The van der Waals surface area contributed by atoms with Gasteiger partial charge in [-0.25, -0.2) is 0 Å². The van der Waals surface area contributed by atoms with Crippen LogP contribution in [0.4, 0.5) is 22.9 Å². The minimum Gasteiger partial charge on any atom is -0.497 e. The molecule has 132 valence electrons. The molecule has 0 aliphatic heterocycles. The first-order valence-corrected chi connectivity index (χ1v) is 6.29. The number of aromatic nitrogens is 1. The molecule has 0 amide bonds. The Kier molecular flexibility index (Phi) is 5.70. The highest BCUT2D eigenvalue weighted by Crippen LogP contribution is 2.38. The lowest BCUT2D eigenvalue weighted by Crippen LogP contribution is -2.03. The fraction of sp³-hybridized carbons (Fsp3) is 0.0833. The van der Waals surface area contributed by atoms with E-state index >= 15 is 0 Å². The number of nitro benzene ring substituents is 3. The summed E-state index contributed by atoms with van der Waals surface area (Å²) < 4.78 is 0. The van der Waals surface area contributed by atoms with Crippen LogP contribution >= 0.6 is 0 Å². The Hall–Kier alpha value is -4.03. The van der Waals surface area contributed by atoms with Gasteiger partial charge in [0.2, 0.25) is 0 Å². The summed E-state index contributed by atoms with van der Waals surface area (Å²) in [6.07, 6.45) is 0. The molecular weight excluding hydrogens is 342 g/mol. The summed E-state index contributed by atoms with van der Waals surface area (Å²) in [5, 5.41) is 40.2. The molecule has 2 rings (SSSR count). The van der Waals surface area contributed by atoms with E-state index in [1.165, 1.54) is 12.1 Å². The van der Waals surface area contributed by atoms with Crippen LogP contribution in [0.5, 0.6) is 5.75 Å². The predicted molar refractivity (Wildman–Crippen MR) is 84.3 cm³/mol. The van der Waals surface area contributed by atoms with Gasteiger partial charge in [0.25, 0.3) is 11.4 Å². The van der Waals surface area contributed by atoms with Crippen LogP contribution in [0.25, 0.3) is 0 Å². The standard InChI is InChI=1S/C6H3N3O7.C6H8N2O/c10-6-4(8(13)14)1-3(7(11)12)2-5(6)9(15)16;1-4-2-5(9)3-6(7)8-4/h1-2,10H;2-3H,1H3,(H3,7,8,9). The molecule has 0 aliphatic carbocycles. The number of rotatable bonds is 3. The third-order valence-electron chi connectivity index (χ3n) is 2.66. The molecule has 0 atom stereocenters. The average Bonchev–Trinajstić information content (AvgIpc) is 2.45. The minimum atomic E-state index is -1.21. The van der Waals surface area contributed by atoms with Crippen molar-refractivity contribution < 1.29 is 19.9 Å². The monoisotopic (exact) mass is 353 g/mol. The maximum absolute atomic E-state index is 10.6. The number of hydrogen-bond donors (Lipinski definition) is 3. The molecule has 1 aromatic carbocycles. The SMILES string of the molecule is Cc1cc(=O)cc(N)[nH]1.O=[N+]([O-])c1cc([N+](=O)[O-])c(O)c([N+](=O)[O-])c1. The van der Waals surface area contributed by atoms with E-state index in [1.807, 2.05) is 0 Å². The smallest absolute Gasteiger partial charge is 0.324 e. The molecule has 25 heavy (non-hydrogen) atoms. The highest BCUT2D eigenvalue weighted by molar-refractivity contribution is 5.64. The van der Waals surface area contributed by atoms with Crippen LogP contribution in [0, 0.1) is 37.3 Å². The van der Waals surface area contributed by atoms with Gasteiger partial charge in [-0.2, -0.15) is 0 Å². The third kappa shape index (κ3) is 4.98. The van der Waals surface area contributed by atoms with E-state index in [1.54, 1.807) is 6.92 Å². The van der Waals surface area contributed by atoms with Gasteiger partial charge < -0.3 is 15.8 Å². The topological polar surface area (TPSA) is 209 Å². The molecular formula is C12H11N5O8. The lowest BCUT2D eigenvalue weighted by molar-refractivity contribution is -0.404. The van der Waals surface area contributed by atoms with E-state index in [0.717, 1.165) is 5.69 Å². The number of nitrogens with one attached hydrogen (secondary N) is 1. The summed E-state index contributed by atoms with van der Waals surface area (Å²) in [7, 11) is 0. The normalized spacial score (nSPS) is 9.64. The summed E-state index contributed by atoms with van der Waals surface area (Å²) in [4.78, 5) is 41.2. The highest BCUT2D eigenvalue weighted by atomic mass is 16.6. The van der Waals surface area contributed by atoms with Crippen molar-refractivity contribution in [2.24, 2.45) is 0 Å². The quantitative estimate of drug-likeness (QED) is 0.536. The average molecular weight is 353 g/mol. The van der Waals surface area contributed by atoms with Crippen molar-refractivity contribution >= 4 is 22.9 Å². The molecule has 0 unspecified atom stereocenters. The van der Waals surface area contributed by atoms with E-state index in [0.29, 0.717) is 18.0 Å². The number of benzene rings is 1. The number of anilines is 1. The molecule has 4 N–H and O–H groups in total. The lowest BCUT2D eigenvalue weighted by atomic mass is 10.2. The van der Waals surface area contributed by atoms with Crippen LogP contribution in [0.15, 0.2) is 29.1 Å². The molecule has 0 fully saturated rings. The number of nitro groups is 3. The van der Waals surface area contributed by atoms with Crippen molar-refractivity contribution in [2.75, 3.05) is 5.73 Å². The largest absolute Gasteiger partial charge is 0.497 e. The van der Waals surface area contributed by atoms with Crippen LogP contribution < -0.4 is 11.2 Å². The first-order chi connectivity index (χ1) is 11.5. The molecule has 0 saturated carbocycles. The number of aromatic amines is 1. The van der Waals surface area contributed by atoms with Crippen molar-refractivity contribution in [2.45, 2.75) is 6.92 Å². The van der Waals surface area contributed by atoms with Crippen molar-refractivity contribution in [1.29, 1.82) is 0 Å². The first kappa shape index (κ1) is 19.0. The molecule has 0 spiro atoms. The Balaban J connectivity index is 0.000000293. The van der Waals surface area contributed by atoms with Gasteiger partial charge in [-0.15, -0.1) is 0 Å². The Bertz CT molecular complexity index is 848. The second-order valence-electron chi connectivity index (χ2n) is 4.56. The number of pyridine rings is 1. The van der Waals surface area contributed by atoms with Gasteiger partial charge in [0.15, 0.2) is 5.43 Å². The zero-order chi connectivity index (χ0) is 19.3. The molecule has 1 aromatic heterocycles. The summed E-state index contributed by atoms with van der Waals surface area (Å²) in [6.45, 7) is 1.79. The van der Waals surface area contributed by atoms with Crippen LogP contribution in [0.3, 0.4) is 0 Å². The van der Waals surface area contributed by atoms with E-state index in [2.05, 4.69) is 4.98 Å². The first-order valence-electron chi connectivity index (χ1n) is 6.29. The molecule has 13 nitrogen and oxygen atoms in total. The Morgan fingerprint density at radius 3 is 1.76 bits per heavy atom. The number of aromatic hydroxyl groups is 1. The summed E-state index contributed by atoms with van der Waals surface area (Å²) in [5.41, 5.74) is 3.04. The van der Waals surface area contributed by atoms with Crippen molar-refractivity contribution in [1.82, 2.24) is 4.98 Å². The number of H-pyrrole nitrogens is 1. The molecule has 0 bridgehead atoms. The summed E-state index contributed by atoms with van der Waals surface area (Å²) >= 11 is 0. The molecule has 2 aromatic rings. The molecule has 0 radical (unpaired) electrons. The molecule has 0 saturated heterocycles. The fourth-order valence-corrected chi connectivity index (χ4v) is 1.68. The zero-order valence-corrected chi connectivity index (χ0v) is 12.5. The Labute approximate surface area is 137 Å². The highest BCUT2D eigenvalue weighted by Gasteiger charge is 2.30. The van der Waals surface area contributed by atoms with Gasteiger partial charge >= 0.3 is 11.4 Å². The van der Waals surface area contributed by atoms with Gasteiger partial charge in [-0.1, -0.05) is 0 Å². The summed E-state index contributed by atoms with van der Waals surface area (Å²) in [6, 6.07) is 3.74. The second kappa shape index (κ2) is 7.49. The number of hydrogen-bond acceptors (Lipinski definition) is 9. The van der Waals surface area contributed by atoms with E-state index in [9.17, 15) is 35.1 Å². The maximum Gasteiger partial charge on any atom is 0.324 e. The van der Waals surface area contributed by atoms with Gasteiger partial charge in [-0.3, -0.25) is 35.1 Å². The van der Waals surface area contributed by atoms with Crippen molar-refractivity contribution in [3.05, 3.63) is 70.5 Å². The lowest BCUT2D eigenvalue weighted by Gasteiger charge is -1.97.